The lowest BCUT2D eigenvalue weighted by molar-refractivity contribution is -0.114. The smallest absolute Gasteiger partial charge is 0.234 e. The number of methoxy groups -OCH3 is 1. The summed E-state index contributed by atoms with van der Waals surface area (Å²) in [6.45, 7) is 1.40. The molecule has 5 nitrogen and oxygen atoms in total. The summed E-state index contributed by atoms with van der Waals surface area (Å²) in [5, 5.41) is 5.34. The maximum atomic E-state index is 13.5. The van der Waals surface area contributed by atoms with Gasteiger partial charge in [0.2, 0.25) is 11.8 Å². The van der Waals surface area contributed by atoms with Crippen LogP contribution in [0.1, 0.15) is 6.92 Å². The highest BCUT2D eigenvalue weighted by Crippen LogP contribution is 2.28. The van der Waals surface area contributed by atoms with Crippen molar-refractivity contribution in [1.82, 2.24) is 0 Å². The van der Waals surface area contributed by atoms with Gasteiger partial charge in [-0.25, -0.2) is 4.39 Å². The second kappa shape index (κ2) is 8.35. The fourth-order valence-electron chi connectivity index (χ4n) is 1.98. The molecule has 0 radical (unpaired) electrons. The van der Waals surface area contributed by atoms with E-state index in [2.05, 4.69) is 10.6 Å². The number of anilines is 2. The predicted octanol–water partition coefficient (Wildman–Crippen LogP) is 3.52. The highest BCUT2D eigenvalue weighted by Gasteiger charge is 2.11. The molecule has 0 aliphatic rings. The fourth-order valence-corrected chi connectivity index (χ4v) is 2.72. The molecule has 0 saturated heterocycles. The summed E-state index contributed by atoms with van der Waals surface area (Å²) >= 11 is 1.11. The van der Waals surface area contributed by atoms with Crippen LogP contribution in [0.4, 0.5) is 15.8 Å². The monoisotopic (exact) mass is 348 g/mol. The molecule has 2 rings (SSSR count). The van der Waals surface area contributed by atoms with Crippen LogP contribution in [0.2, 0.25) is 0 Å². The normalized spacial score (nSPS) is 10.1. The van der Waals surface area contributed by atoms with Crippen LogP contribution >= 0.6 is 11.8 Å². The molecule has 0 aromatic heterocycles. The van der Waals surface area contributed by atoms with Crippen molar-refractivity contribution >= 4 is 35.0 Å². The number of nitrogens with one attached hydrogen (secondary N) is 2. The number of hydrogen-bond acceptors (Lipinski definition) is 4. The van der Waals surface area contributed by atoms with Gasteiger partial charge < -0.3 is 15.4 Å². The van der Waals surface area contributed by atoms with Gasteiger partial charge in [0.05, 0.1) is 18.6 Å². The summed E-state index contributed by atoms with van der Waals surface area (Å²) in [5.74, 6) is -0.364. The molecule has 2 N–H and O–H groups in total. The van der Waals surface area contributed by atoms with E-state index in [0.717, 1.165) is 11.8 Å². The zero-order chi connectivity index (χ0) is 17.5. The molecule has 0 fully saturated rings. The summed E-state index contributed by atoms with van der Waals surface area (Å²) in [4.78, 5) is 23.6. The number of amides is 2. The second-order valence-corrected chi connectivity index (χ2v) is 5.88. The molecule has 0 saturated carbocycles. The van der Waals surface area contributed by atoms with Crippen molar-refractivity contribution < 1.29 is 18.7 Å². The number of ether oxygens (including phenoxy) is 1. The van der Waals surface area contributed by atoms with Crippen LogP contribution in [-0.4, -0.2) is 24.7 Å². The van der Waals surface area contributed by atoms with Crippen LogP contribution in [-0.2, 0) is 9.59 Å². The average Bonchev–Trinajstić information content (AvgIpc) is 2.54. The van der Waals surface area contributed by atoms with Crippen molar-refractivity contribution in [1.29, 1.82) is 0 Å². The molecular formula is C17H17FN2O3S. The number of carbonyl (C=O) groups is 2. The molecule has 2 aromatic carbocycles. The van der Waals surface area contributed by atoms with Gasteiger partial charge in [-0.1, -0.05) is 12.1 Å². The molecule has 0 aliphatic heterocycles. The van der Waals surface area contributed by atoms with E-state index < -0.39 is 0 Å². The molecule has 0 heterocycles. The molecular weight excluding hydrogens is 331 g/mol. The summed E-state index contributed by atoms with van der Waals surface area (Å²) in [6, 6.07) is 11.2. The first-order valence-corrected chi connectivity index (χ1v) is 8.11. The first-order valence-electron chi connectivity index (χ1n) is 7.12. The van der Waals surface area contributed by atoms with E-state index in [1.807, 2.05) is 0 Å². The van der Waals surface area contributed by atoms with Crippen molar-refractivity contribution in [3.8, 4) is 5.75 Å². The van der Waals surface area contributed by atoms with Gasteiger partial charge in [-0.15, -0.1) is 11.8 Å². The van der Waals surface area contributed by atoms with Crippen LogP contribution in [0.15, 0.2) is 47.4 Å². The molecule has 126 valence electrons. The Morgan fingerprint density at radius 1 is 1.17 bits per heavy atom. The number of halogens is 1. The van der Waals surface area contributed by atoms with Gasteiger partial charge in [-0.3, -0.25) is 9.59 Å². The predicted molar refractivity (Wildman–Crippen MR) is 93.1 cm³/mol. The average molecular weight is 348 g/mol. The Balaban J connectivity index is 2.04. The minimum atomic E-state index is -0.361. The summed E-state index contributed by atoms with van der Waals surface area (Å²) < 4.78 is 18.7. The topological polar surface area (TPSA) is 67.4 Å². The zero-order valence-corrected chi connectivity index (χ0v) is 14.1. The van der Waals surface area contributed by atoms with Crippen LogP contribution in [0.25, 0.3) is 0 Å². The van der Waals surface area contributed by atoms with Crippen molar-refractivity contribution in [2.75, 3.05) is 23.5 Å². The number of hydrogen-bond donors (Lipinski definition) is 2. The maximum absolute atomic E-state index is 13.5. The molecule has 0 spiro atoms. The first kappa shape index (κ1) is 17.8. The lowest BCUT2D eigenvalue weighted by Gasteiger charge is -2.12. The fraction of sp³-hybridized carbons (Fsp3) is 0.176. The van der Waals surface area contributed by atoms with E-state index in [4.69, 9.17) is 4.74 Å². The van der Waals surface area contributed by atoms with Gasteiger partial charge in [-0.05, 0) is 30.3 Å². The highest BCUT2D eigenvalue weighted by molar-refractivity contribution is 8.00. The molecule has 0 unspecified atom stereocenters. The van der Waals surface area contributed by atoms with Gasteiger partial charge in [-0.2, -0.15) is 0 Å². The van der Waals surface area contributed by atoms with E-state index in [0.29, 0.717) is 22.0 Å². The van der Waals surface area contributed by atoms with E-state index in [9.17, 15) is 14.0 Å². The molecule has 24 heavy (non-hydrogen) atoms. The molecule has 2 amide bonds. The van der Waals surface area contributed by atoms with Crippen molar-refractivity contribution in [2.45, 2.75) is 11.8 Å². The Bertz CT molecular complexity index is 752. The van der Waals surface area contributed by atoms with Crippen LogP contribution in [0, 0.1) is 5.82 Å². The van der Waals surface area contributed by atoms with Gasteiger partial charge in [0, 0.05) is 17.5 Å². The largest absolute Gasteiger partial charge is 0.495 e. The maximum Gasteiger partial charge on any atom is 0.234 e. The van der Waals surface area contributed by atoms with E-state index in [1.165, 1.54) is 20.1 Å². The van der Waals surface area contributed by atoms with Crippen LogP contribution in [0.3, 0.4) is 0 Å². The Labute approximate surface area is 143 Å². The lowest BCUT2D eigenvalue weighted by atomic mass is 10.2. The molecule has 2 aromatic rings. The molecule has 7 heteroatoms. The summed E-state index contributed by atoms with van der Waals surface area (Å²) in [6.07, 6.45) is 0. The third kappa shape index (κ3) is 4.99. The van der Waals surface area contributed by atoms with Crippen molar-refractivity contribution in [3.05, 3.63) is 48.3 Å². The van der Waals surface area contributed by atoms with Gasteiger partial charge in [0.25, 0.3) is 0 Å². The SMILES string of the molecule is COc1ccc(NC(C)=O)cc1NC(=O)CSc1ccccc1F. The quantitative estimate of drug-likeness (QED) is 0.784. The Morgan fingerprint density at radius 2 is 1.92 bits per heavy atom. The molecule has 0 atom stereocenters. The minimum Gasteiger partial charge on any atom is -0.495 e. The minimum absolute atomic E-state index is 0.0501. The van der Waals surface area contributed by atoms with E-state index in [1.54, 1.807) is 36.4 Å². The zero-order valence-electron chi connectivity index (χ0n) is 13.3. The Morgan fingerprint density at radius 3 is 2.58 bits per heavy atom. The Hall–Kier alpha value is -2.54. The van der Waals surface area contributed by atoms with Crippen LogP contribution in [0.5, 0.6) is 5.75 Å². The number of rotatable bonds is 6. The summed E-state index contributed by atoms with van der Waals surface area (Å²) in [5.41, 5.74) is 0.975. The van der Waals surface area contributed by atoms with Crippen molar-refractivity contribution in [2.24, 2.45) is 0 Å². The van der Waals surface area contributed by atoms with Gasteiger partial charge >= 0.3 is 0 Å². The molecule has 0 bridgehead atoms. The van der Waals surface area contributed by atoms with Crippen LogP contribution < -0.4 is 15.4 Å². The second-order valence-electron chi connectivity index (χ2n) is 4.86. The third-order valence-electron chi connectivity index (χ3n) is 2.99. The summed E-state index contributed by atoms with van der Waals surface area (Å²) in [7, 11) is 1.48. The van der Waals surface area contributed by atoms with Gasteiger partial charge in [0.15, 0.2) is 0 Å². The Kier molecular flexibility index (Phi) is 6.20. The van der Waals surface area contributed by atoms with E-state index in [-0.39, 0.29) is 23.4 Å². The number of thioether (sulfide) groups is 1. The lowest BCUT2D eigenvalue weighted by Crippen LogP contribution is -2.15. The standard InChI is InChI=1S/C17H17FN2O3S/c1-11(21)19-12-7-8-15(23-2)14(9-12)20-17(22)10-24-16-6-4-3-5-13(16)18/h3-9H,10H2,1-2H3,(H,19,21)(H,20,22). The molecule has 0 aliphatic carbocycles. The van der Waals surface area contributed by atoms with Crippen molar-refractivity contribution in [3.63, 3.8) is 0 Å². The van der Waals surface area contributed by atoms with Gasteiger partial charge in [0.1, 0.15) is 11.6 Å². The number of benzene rings is 2. The first-order chi connectivity index (χ1) is 11.5. The highest BCUT2D eigenvalue weighted by atomic mass is 32.2. The van der Waals surface area contributed by atoms with E-state index >= 15 is 0 Å². The number of carbonyl (C=O) groups excluding carboxylic acids is 2. The third-order valence-corrected chi connectivity index (χ3v) is 4.04.